The van der Waals surface area contributed by atoms with Gasteiger partial charge >= 0.3 is 0 Å². The number of hydrogen-bond acceptors (Lipinski definition) is 4. The van der Waals surface area contributed by atoms with Crippen LogP contribution >= 0.6 is 0 Å². The zero-order valence-corrected chi connectivity index (χ0v) is 27.0. The predicted molar refractivity (Wildman–Crippen MR) is 176 cm³/mol. The van der Waals surface area contributed by atoms with Crippen LogP contribution in [-0.4, -0.2) is 36.6 Å². The molecule has 1 atom stereocenters. The molecule has 0 N–H and O–H groups in total. The Kier molecular flexibility index (Phi) is 10.4. The van der Waals surface area contributed by atoms with E-state index in [1.807, 2.05) is 46.8 Å². The molecule has 0 bridgehead atoms. The molecule has 2 aliphatic rings. The summed E-state index contributed by atoms with van der Waals surface area (Å²) in [6.07, 6.45) is 5.12. The molecule has 2 aromatic heterocycles. The van der Waals surface area contributed by atoms with Crippen molar-refractivity contribution >= 4 is 38.7 Å². The highest BCUT2D eigenvalue weighted by molar-refractivity contribution is 7.85. The number of halogens is 2. The van der Waals surface area contributed by atoms with E-state index in [4.69, 9.17) is 0 Å². The minimum absolute atomic E-state index is 0.00860. The maximum absolute atomic E-state index is 14.4. The van der Waals surface area contributed by atoms with Crippen LogP contribution in [0.2, 0.25) is 0 Å². The predicted octanol–water partition coefficient (Wildman–Crippen LogP) is 7.86. The number of aryl methyl sites for hydroxylation is 4. The fourth-order valence-corrected chi connectivity index (χ4v) is 6.91. The molecule has 6 rings (SSSR count). The number of benzene rings is 2. The van der Waals surface area contributed by atoms with E-state index in [-0.39, 0.29) is 11.1 Å². The average Bonchev–Trinajstić information content (AvgIpc) is 3.46. The standard InChI is InChI=1S/C30H30F2N4O2S.2C2H6/c1-18-11-28(37)35(3)29-23(18)13-22(14-25(29)19-6-9-39(38)10-7-19)36-8-4-5-20-12-24(21-16-33-34(2)17-21)26(30(31)32)15-27(20)36;2*1-2/h6,11-17,30H,4-5,7-10H2,1-3H3;2*1-2H3. The summed E-state index contributed by atoms with van der Waals surface area (Å²) in [5.74, 6) is 1.07. The summed E-state index contributed by atoms with van der Waals surface area (Å²) in [7, 11) is 2.68. The van der Waals surface area contributed by atoms with Crippen molar-refractivity contribution in [1.29, 1.82) is 0 Å². The molecule has 0 saturated carbocycles. The molecule has 0 saturated heterocycles. The van der Waals surface area contributed by atoms with Crippen molar-refractivity contribution in [1.82, 2.24) is 14.3 Å². The molecule has 0 spiro atoms. The summed E-state index contributed by atoms with van der Waals surface area (Å²) in [4.78, 5) is 14.9. The maximum atomic E-state index is 14.4. The molecule has 0 amide bonds. The molecule has 230 valence electrons. The average molecular weight is 609 g/mol. The van der Waals surface area contributed by atoms with E-state index >= 15 is 0 Å². The molecular weight excluding hydrogens is 566 g/mol. The third-order valence-corrected chi connectivity index (χ3v) is 9.12. The van der Waals surface area contributed by atoms with E-state index in [0.29, 0.717) is 35.6 Å². The summed E-state index contributed by atoms with van der Waals surface area (Å²) < 4.78 is 44.2. The fourth-order valence-electron chi connectivity index (χ4n) is 5.91. The van der Waals surface area contributed by atoms with Crippen LogP contribution in [-0.2, 0) is 31.3 Å². The highest BCUT2D eigenvalue weighted by Gasteiger charge is 2.26. The second-order valence-electron chi connectivity index (χ2n) is 10.4. The zero-order valence-electron chi connectivity index (χ0n) is 26.2. The van der Waals surface area contributed by atoms with E-state index in [1.165, 1.54) is 0 Å². The normalized spacial score (nSPS) is 16.2. The van der Waals surface area contributed by atoms with Gasteiger partial charge in [0.2, 0.25) is 0 Å². The van der Waals surface area contributed by atoms with Gasteiger partial charge in [0.05, 0.1) is 11.7 Å². The first-order chi connectivity index (χ1) is 20.7. The van der Waals surface area contributed by atoms with Crippen LogP contribution in [0.3, 0.4) is 0 Å². The Morgan fingerprint density at radius 2 is 1.72 bits per heavy atom. The molecule has 0 fully saturated rings. The lowest BCUT2D eigenvalue weighted by molar-refractivity contribution is 0.152. The van der Waals surface area contributed by atoms with Gasteiger partial charge in [-0.25, -0.2) is 8.78 Å². The molecule has 6 nitrogen and oxygen atoms in total. The van der Waals surface area contributed by atoms with Gasteiger partial charge in [-0.2, -0.15) is 5.10 Å². The van der Waals surface area contributed by atoms with Gasteiger partial charge < -0.3 is 9.47 Å². The molecule has 4 heterocycles. The second-order valence-corrected chi connectivity index (χ2v) is 12.1. The molecule has 2 aromatic carbocycles. The number of pyridine rings is 1. The Morgan fingerprint density at radius 1 is 0.977 bits per heavy atom. The van der Waals surface area contributed by atoms with Gasteiger partial charge in [-0.3, -0.25) is 13.7 Å². The Labute approximate surface area is 255 Å². The van der Waals surface area contributed by atoms with Crippen LogP contribution in [0.1, 0.15) is 69.2 Å². The van der Waals surface area contributed by atoms with Crippen molar-refractivity contribution in [2.45, 2.75) is 60.3 Å². The van der Waals surface area contributed by atoms with Crippen LogP contribution in [0.25, 0.3) is 27.6 Å². The summed E-state index contributed by atoms with van der Waals surface area (Å²) in [6.45, 7) is 10.6. The van der Waals surface area contributed by atoms with Crippen molar-refractivity contribution < 1.29 is 13.0 Å². The summed E-state index contributed by atoms with van der Waals surface area (Å²) in [6, 6.07) is 9.33. The molecule has 43 heavy (non-hydrogen) atoms. The van der Waals surface area contributed by atoms with Crippen molar-refractivity contribution in [3.63, 3.8) is 0 Å². The van der Waals surface area contributed by atoms with Gasteiger partial charge in [-0.1, -0.05) is 33.8 Å². The van der Waals surface area contributed by atoms with Gasteiger partial charge in [-0.15, -0.1) is 0 Å². The lowest BCUT2D eigenvalue weighted by atomic mass is 9.91. The Bertz CT molecular complexity index is 1740. The van der Waals surface area contributed by atoms with Gasteiger partial charge in [0.1, 0.15) is 0 Å². The Hall–Kier alpha value is -3.59. The molecule has 0 radical (unpaired) electrons. The third kappa shape index (κ3) is 6.37. The topological polar surface area (TPSA) is 60.1 Å². The number of fused-ring (bicyclic) bond motifs is 2. The lowest BCUT2D eigenvalue weighted by Gasteiger charge is -2.33. The number of aromatic nitrogens is 3. The van der Waals surface area contributed by atoms with Gasteiger partial charge in [0, 0.05) is 88.7 Å². The summed E-state index contributed by atoms with van der Waals surface area (Å²) in [5.41, 5.74) is 7.55. The van der Waals surface area contributed by atoms with E-state index in [1.54, 1.807) is 47.9 Å². The number of nitrogens with zero attached hydrogens (tertiary/aromatic N) is 4. The fraction of sp³-hybridized carbons (Fsp3) is 0.412. The summed E-state index contributed by atoms with van der Waals surface area (Å²) >= 11 is 0. The molecule has 1 unspecified atom stereocenters. The molecule has 9 heteroatoms. The van der Waals surface area contributed by atoms with Gasteiger partial charge in [-0.05, 0) is 72.7 Å². The van der Waals surface area contributed by atoms with Crippen molar-refractivity contribution in [2.75, 3.05) is 23.0 Å². The van der Waals surface area contributed by atoms with Crippen molar-refractivity contribution in [2.24, 2.45) is 14.1 Å². The quantitative estimate of drug-likeness (QED) is 0.237. The monoisotopic (exact) mass is 608 g/mol. The van der Waals surface area contributed by atoms with E-state index in [9.17, 15) is 17.8 Å². The first-order valence-corrected chi connectivity index (χ1v) is 16.6. The van der Waals surface area contributed by atoms with Crippen LogP contribution in [0, 0.1) is 6.92 Å². The number of alkyl halides is 2. The van der Waals surface area contributed by atoms with Crippen molar-refractivity contribution in [3.8, 4) is 11.1 Å². The molecular formula is C34H42F2N4O2S. The molecule has 4 aromatic rings. The minimum atomic E-state index is -2.63. The summed E-state index contributed by atoms with van der Waals surface area (Å²) in [5, 5.41) is 5.14. The highest BCUT2D eigenvalue weighted by Crippen LogP contribution is 2.43. The number of allylic oxidation sites excluding steroid dienone is 1. The lowest BCUT2D eigenvalue weighted by Crippen LogP contribution is -2.25. The Morgan fingerprint density at radius 3 is 2.35 bits per heavy atom. The van der Waals surface area contributed by atoms with Crippen LogP contribution in [0.5, 0.6) is 0 Å². The molecule has 2 aliphatic heterocycles. The number of rotatable bonds is 4. The van der Waals surface area contributed by atoms with Crippen LogP contribution in [0.15, 0.2) is 53.6 Å². The maximum Gasteiger partial charge on any atom is 0.264 e. The van der Waals surface area contributed by atoms with E-state index < -0.39 is 17.2 Å². The van der Waals surface area contributed by atoms with Crippen molar-refractivity contribution in [3.05, 3.63) is 81.4 Å². The van der Waals surface area contributed by atoms with Crippen LogP contribution < -0.4 is 10.5 Å². The SMILES string of the molecule is CC.CC.Cc1cc(=O)n(C)c2c(C3=CCS(=O)CC3)cc(N3CCCc4cc(-c5cnn(C)c5)c(C(F)F)cc43)cc12. The first kappa shape index (κ1) is 32.3. The minimum Gasteiger partial charge on any atom is -0.341 e. The first-order valence-electron chi connectivity index (χ1n) is 15.1. The largest absolute Gasteiger partial charge is 0.341 e. The Balaban J connectivity index is 0.00000102. The van der Waals surface area contributed by atoms with Gasteiger partial charge in [0.25, 0.3) is 12.0 Å². The molecule has 0 aliphatic carbocycles. The number of hydrogen-bond donors (Lipinski definition) is 0. The zero-order chi connectivity index (χ0) is 31.4. The van der Waals surface area contributed by atoms with Gasteiger partial charge in [0.15, 0.2) is 0 Å². The van der Waals surface area contributed by atoms with E-state index in [2.05, 4.69) is 22.1 Å². The van der Waals surface area contributed by atoms with Crippen LogP contribution in [0.4, 0.5) is 20.2 Å². The second kappa shape index (κ2) is 13.8. The number of anilines is 2. The third-order valence-electron chi connectivity index (χ3n) is 7.92. The van der Waals surface area contributed by atoms with E-state index in [0.717, 1.165) is 57.4 Å². The highest BCUT2D eigenvalue weighted by atomic mass is 32.2. The smallest absolute Gasteiger partial charge is 0.264 e.